The first-order valence-electron chi connectivity index (χ1n) is 5.65. The molecule has 2 aromatic rings. The summed E-state index contributed by atoms with van der Waals surface area (Å²) < 4.78 is 43.8. The van der Waals surface area contributed by atoms with E-state index in [0.717, 1.165) is 6.26 Å². The molecule has 0 saturated heterocycles. The van der Waals surface area contributed by atoms with Gasteiger partial charge in [0, 0.05) is 5.69 Å². The molecule has 0 amide bonds. The number of hydrogen-bond acceptors (Lipinski definition) is 4. The zero-order valence-corrected chi connectivity index (χ0v) is 11.4. The molecule has 2 aromatic carbocycles. The molecule has 106 valence electrons. The van der Waals surface area contributed by atoms with E-state index in [0.29, 0.717) is 5.69 Å². The number of ether oxygens (including phenoxy) is 1. The van der Waals surface area contributed by atoms with Gasteiger partial charge in [-0.25, -0.2) is 12.8 Å². The number of sulfonamides is 1. The van der Waals surface area contributed by atoms with Crippen LogP contribution < -0.4 is 15.2 Å². The maximum atomic E-state index is 13.5. The summed E-state index contributed by atoms with van der Waals surface area (Å²) in [4.78, 5) is 0. The Labute approximate surface area is 116 Å². The minimum Gasteiger partial charge on any atom is -0.452 e. The highest BCUT2D eigenvalue weighted by atomic mass is 32.2. The van der Waals surface area contributed by atoms with Crippen molar-refractivity contribution in [2.45, 2.75) is 0 Å². The summed E-state index contributed by atoms with van der Waals surface area (Å²) in [5.74, 6) is -0.391. The molecule has 7 heteroatoms. The SMILES string of the molecule is CS(=O)(=O)Nc1cc(N)ccc1Oc1ccccc1F. The van der Waals surface area contributed by atoms with Crippen molar-refractivity contribution in [3.8, 4) is 11.5 Å². The van der Waals surface area contributed by atoms with E-state index in [4.69, 9.17) is 10.5 Å². The quantitative estimate of drug-likeness (QED) is 0.850. The molecule has 5 nitrogen and oxygen atoms in total. The zero-order valence-electron chi connectivity index (χ0n) is 10.6. The lowest BCUT2D eigenvalue weighted by atomic mass is 10.2. The van der Waals surface area contributed by atoms with Crippen LogP contribution in [0.15, 0.2) is 42.5 Å². The van der Waals surface area contributed by atoms with Crippen LogP contribution >= 0.6 is 0 Å². The van der Waals surface area contributed by atoms with Crippen LogP contribution in [0.5, 0.6) is 11.5 Å². The highest BCUT2D eigenvalue weighted by molar-refractivity contribution is 7.92. The summed E-state index contributed by atoms with van der Waals surface area (Å²) in [7, 11) is -3.50. The molecule has 0 bridgehead atoms. The maximum Gasteiger partial charge on any atom is 0.229 e. The Morgan fingerprint density at radius 2 is 1.85 bits per heavy atom. The Bertz CT molecular complexity index is 732. The number of anilines is 2. The van der Waals surface area contributed by atoms with E-state index in [1.807, 2.05) is 0 Å². The van der Waals surface area contributed by atoms with Crippen molar-refractivity contribution in [3.63, 3.8) is 0 Å². The third-order valence-corrected chi connectivity index (χ3v) is 2.95. The molecule has 0 atom stereocenters. The van der Waals surface area contributed by atoms with Crippen LogP contribution in [0.1, 0.15) is 0 Å². The van der Waals surface area contributed by atoms with Crippen LogP contribution in [0.4, 0.5) is 15.8 Å². The molecule has 0 aliphatic carbocycles. The summed E-state index contributed by atoms with van der Waals surface area (Å²) in [6.07, 6.45) is 1.00. The molecule has 0 saturated carbocycles. The first-order chi connectivity index (χ1) is 9.35. The molecule has 2 rings (SSSR count). The van der Waals surface area contributed by atoms with E-state index in [9.17, 15) is 12.8 Å². The van der Waals surface area contributed by atoms with E-state index in [2.05, 4.69) is 4.72 Å². The van der Waals surface area contributed by atoms with Crippen molar-refractivity contribution in [1.82, 2.24) is 0 Å². The largest absolute Gasteiger partial charge is 0.452 e. The number of hydrogen-bond donors (Lipinski definition) is 2. The average molecular weight is 296 g/mol. The molecule has 0 unspecified atom stereocenters. The summed E-state index contributed by atoms with van der Waals surface area (Å²) in [6.45, 7) is 0. The van der Waals surface area contributed by atoms with Crippen LogP contribution in [0.25, 0.3) is 0 Å². The minimum atomic E-state index is -3.50. The first kappa shape index (κ1) is 14.1. The first-order valence-corrected chi connectivity index (χ1v) is 7.54. The van der Waals surface area contributed by atoms with Gasteiger partial charge in [0.25, 0.3) is 0 Å². The maximum absolute atomic E-state index is 13.5. The molecule has 20 heavy (non-hydrogen) atoms. The van der Waals surface area contributed by atoms with Crippen LogP contribution in [-0.4, -0.2) is 14.7 Å². The Hall–Kier alpha value is -2.28. The molecular weight excluding hydrogens is 283 g/mol. The predicted octanol–water partition coefficient (Wildman–Crippen LogP) is 2.57. The van der Waals surface area contributed by atoms with Gasteiger partial charge < -0.3 is 10.5 Å². The number of rotatable bonds is 4. The molecule has 0 fully saturated rings. The summed E-state index contributed by atoms with van der Waals surface area (Å²) in [5.41, 5.74) is 6.11. The minimum absolute atomic E-state index is 0.00572. The second-order valence-electron chi connectivity index (χ2n) is 4.16. The van der Waals surface area contributed by atoms with Gasteiger partial charge in [-0.2, -0.15) is 0 Å². The van der Waals surface area contributed by atoms with E-state index in [-0.39, 0.29) is 17.2 Å². The van der Waals surface area contributed by atoms with Gasteiger partial charge in [-0.1, -0.05) is 12.1 Å². The third-order valence-electron chi connectivity index (χ3n) is 2.36. The summed E-state index contributed by atoms with van der Waals surface area (Å²) in [5, 5.41) is 0. The van der Waals surface area contributed by atoms with Crippen LogP contribution in [0.3, 0.4) is 0 Å². The van der Waals surface area contributed by atoms with Crippen LogP contribution in [0.2, 0.25) is 0 Å². The van der Waals surface area contributed by atoms with Crippen molar-refractivity contribution in [3.05, 3.63) is 48.3 Å². The Balaban J connectivity index is 2.39. The topological polar surface area (TPSA) is 81.4 Å². The number of nitrogens with one attached hydrogen (secondary N) is 1. The molecule has 0 heterocycles. The van der Waals surface area contributed by atoms with Gasteiger partial charge in [-0.3, -0.25) is 4.72 Å². The molecular formula is C13H13FN2O3S. The van der Waals surface area contributed by atoms with Gasteiger partial charge in [-0.05, 0) is 30.3 Å². The molecule has 0 radical (unpaired) electrons. The fourth-order valence-electron chi connectivity index (χ4n) is 1.56. The van der Waals surface area contributed by atoms with Gasteiger partial charge in [0.2, 0.25) is 10.0 Å². The van der Waals surface area contributed by atoms with Gasteiger partial charge >= 0.3 is 0 Å². The monoisotopic (exact) mass is 296 g/mol. The normalized spacial score (nSPS) is 11.1. The second-order valence-corrected chi connectivity index (χ2v) is 5.91. The van der Waals surface area contributed by atoms with Crippen molar-refractivity contribution in [2.75, 3.05) is 16.7 Å². The molecule has 3 N–H and O–H groups in total. The number of benzene rings is 2. The van der Waals surface area contributed by atoms with Gasteiger partial charge in [0.1, 0.15) is 0 Å². The van der Waals surface area contributed by atoms with Crippen molar-refractivity contribution in [2.24, 2.45) is 0 Å². The van der Waals surface area contributed by atoms with Gasteiger partial charge in [0.15, 0.2) is 17.3 Å². The van der Waals surface area contributed by atoms with E-state index < -0.39 is 15.8 Å². The predicted molar refractivity (Wildman–Crippen MR) is 75.8 cm³/mol. The Morgan fingerprint density at radius 3 is 2.50 bits per heavy atom. The highest BCUT2D eigenvalue weighted by Gasteiger charge is 2.11. The Morgan fingerprint density at radius 1 is 1.15 bits per heavy atom. The lowest BCUT2D eigenvalue weighted by molar-refractivity contribution is 0.444. The van der Waals surface area contributed by atoms with Gasteiger partial charge in [0.05, 0.1) is 11.9 Å². The smallest absolute Gasteiger partial charge is 0.229 e. The van der Waals surface area contributed by atoms with Crippen molar-refractivity contribution < 1.29 is 17.5 Å². The average Bonchev–Trinajstić information content (AvgIpc) is 2.33. The van der Waals surface area contributed by atoms with Gasteiger partial charge in [-0.15, -0.1) is 0 Å². The lowest BCUT2D eigenvalue weighted by Gasteiger charge is -2.13. The fourth-order valence-corrected chi connectivity index (χ4v) is 2.12. The van der Waals surface area contributed by atoms with Crippen LogP contribution in [-0.2, 0) is 10.0 Å². The zero-order chi connectivity index (χ0) is 14.8. The Kier molecular flexibility index (Phi) is 3.80. The highest BCUT2D eigenvalue weighted by Crippen LogP contribution is 2.32. The van der Waals surface area contributed by atoms with Crippen molar-refractivity contribution in [1.29, 1.82) is 0 Å². The number of nitrogen functional groups attached to an aromatic ring is 1. The molecule has 0 spiro atoms. The molecule has 0 aliphatic heterocycles. The van der Waals surface area contributed by atoms with Crippen LogP contribution in [0, 0.1) is 5.82 Å². The third kappa shape index (κ3) is 3.61. The standard InChI is InChI=1S/C13H13FN2O3S/c1-20(17,18)16-11-8-9(15)6-7-13(11)19-12-5-3-2-4-10(12)14/h2-8,16H,15H2,1H3. The second kappa shape index (κ2) is 5.38. The van der Waals surface area contributed by atoms with E-state index >= 15 is 0 Å². The van der Waals surface area contributed by atoms with E-state index in [1.165, 1.54) is 36.4 Å². The number of nitrogens with two attached hydrogens (primary N) is 1. The van der Waals surface area contributed by atoms with E-state index in [1.54, 1.807) is 6.07 Å². The molecule has 0 aromatic heterocycles. The fraction of sp³-hybridized carbons (Fsp3) is 0.0769. The number of halogens is 1. The van der Waals surface area contributed by atoms with Crippen molar-refractivity contribution >= 4 is 21.4 Å². The number of para-hydroxylation sites is 1. The molecule has 0 aliphatic rings. The lowest BCUT2D eigenvalue weighted by Crippen LogP contribution is -2.10. The summed E-state index contributed by atoms with van der Waals surface area (Å²) >= 11 is 0. The summed E-state index contributed by atoms with van der Waals surface area (Å²) in [6, 6.07) is 10.2.